The number of aryl methyl sites for hydroxylation is 1. The average molecular weight is 421 g/mol. The maximum atomic E-state index is 11.8. The van der Waals surface area contributed by atoms with E-state index in [0.29, 0.717) is 12.0 Å². The van der Waals surface area contributed by atoms with Gasteiger partial charge in [-0.05, 0) is 81.6 Å². The summed E-state index contributed by atoms with van der Waals surface area (Å²) in [6.07, 6.45) is 9.73. The topological polar surface area (TPSA) is 58.6 Å². The SMILES string of the molecule is Cc1nccnc1N1CCC2(CCN(CCc3ccc4c(c3C)COC4=O)CC2)CC1. The number of carbonyl (C=O) groups excluding carboxylic acids is 1. The molecular weight excluding hydrogens is 388 g/mol. The second kappa shape index (κ2) is 8.23. The molecule has 6 nitrogen and oxygen atoms in total. The van der Waals surface area contributed by atoms with Crippen molar-refractivity contribution in [3.8, 4) is 0 Å². The first-order chi connectivity index (χ1) is 15.0. The number of fused-ring (bicyclic) bond motifs is 1. The molecule has 31 heavy (non-hydrogen) atoms. The van der Waals surface area contributed by atoms with E-state index >= 15 is 0 Å². The smallest absolute Gasteiger partial charge is 0.338 e. The minimum absolute atomic E-state index is 0.175. The van der Waals surface area contributed by atoms with Gasteiger partial charge in [-0.2, -0.15) is 0 Å². The molecule has 0 unspecified atom stereocenters. The molecule has 5 rings (SSSR count). The summed E-state index contributed by atoms with van der Waals surface area (Å²) < 4.78 is 5.20. The lowest BCUT2D eigenvalue weighted by Crippen LogP contribution is -2.47. The van der Waals surface area contributed by atoms with Gasteiger partial charge in [-0.1, -0.05) is 6.07 Å². The minimum Gasteiger partial charge on any atom is -0.457 e. The molecule has 3 aliphatic rings. The summed E-state index contributed by atoms with van der Waals surface area (Å²) in [5.74, 6) is 0.887. The number of anilines is 1. The highest BCUT2D eigenvalue weighted by Gasteiger charge is 2.38. The Morgan fingerprint density at radius 1 is 1.00 bits per heavy atom. The number of hydrogen-bond donors (Lipinski definition) is 0. The van der Waals surface area contributed by atoms with Crippen LogP contribution in [0.3, 0.4) is 0 Å². The number of hydrogen-bond acceptors (Lipinski definition) is 6. The third kappa shape index (κ3) is 3.93. The molecule has 0 radical (unpaired) electrons. The molecule has 4 heterocycles. The second-order valence-electron chi connectivity index (χ2n) is 9.50. The maximum absolute atomic E-state index is 11.8. The number of piperidine rings is 2. The molecule has 0 amide bonds. The number of likely N-dealkylation sites (tertiary alicyclic amines) is 1. The van der Waals surface area contributed by atoms with E-state index in [1.165, 1.54) is 49.9 Å². The van der Waals surface area contributed by atoms with Gasteiger partial charge >= 0.3 is 5.97 Å². The molecule has 164 valence electrons. The van der Waals surface area contributed by atoms with Crippen LogP contribution in [0.15, 0.2) is 24.5 Å². The standard InChI is InChI=1S/C25H32N4O2/c1-18-20(3-4-21-22(18)17-31-24(21)30)5-12-28-13-6-25(7-14-28)8-15-29(16-9-25)23-19(2)26-10-11-27-23/h3-4,10-11H,5-9,12-17H2,1-2H3. The van der Waals surface area contributed by atoms with E-state index in [1.54, 1.807) is 12.4 Å². The summed E-state index contributed by atoms with van der Waals surface area (Å²) in [4.78, 5) is 25.8. The van der Waals surface area contributed by atoms with Crippen LogP contribution in [0, 0.1) is 19.3 Å². The largest absolute Gasteiger partial charge is 0.457 e. The zero-order valence-electron chi connectivity index (χ0n) is 18.7. The lowest BCUT2D eigenvalue weighted by atomic mass is 9.71. The van der Waals surface area contributed by atoms with Crippen molar-refractivity contribution in [1.82, 2.24) is 14.9 Å². The zero-order chi connectivity index (χ0) is 21.4. The predicted molar refractivity (Wildman–Crippen MR) is 120 cm³/mol. The molecule has 0 saturated carbocycles. The monoisotopic (exact) mass is 420 g/mol. The third-order valence-electron chi connectivity index (χ3n) is 7.87. The van der Waals surface area contributed by atoms with Crippen LogP contribution >= 0.6 is 0 Å². The Morgan fingerprint density at radius 2 is 1.71 bits per heavy atom. The van der Waals surface area contributed by atoms with Gasteiger partial charge in [-0.25, -0.2) is 9.78 Å². The fraction of sp³-hybridized carbons (Fsp3) is 0.560. The van der Waals surface area contributed by atoms with Gasteiger partial charge in [-0.15, -0.1) is 0 Å². The lowest BCUT2D eigenvalue weighted by Gasteiger charge is -2.47. The lowest BCUT2D eigenvalue weighted by molar-refractivity contribution is 0.0535. The number of cyclic esters (lactones) is 1. The van der Waals surface area contributed by atoms with Crippen molar-refractivity contribution in [3.63, 3.8) is 0 Å². The minimum atomic E-state index is -0.175. The van der Waals surface area contributed by atoms with E-state index in [1.807, 2.05) is 6.07 Å². The first-order valence-electron chi connectivity index (χ1n) is 11.6. The highest BCUT2D eigenvalue weighted by Crippen LogP contribution is 2.42. The van der Waals surface area contributed by atoms with Crippen LogP contribution in [0.5, 0.6) is 0 Å². The molecule has 0 atom stereocenters. The van der Waals surface area contributed by atoms with Crippen molar-refractivity contribution in [3.05, 3.63) is 52.5 Å². The van der Waals surface area contributed by atoms with Crippen LogP contribution in [-0.2, 0) is 17.8 Å². The number of rotatable bonds is 4. The molecule has 0 bridgehead atoms. The number of aromatic nitrogens is 2. The molecule has 3 aliphatic heterocycles. The summed E-state index contributed by atoms with van der Waals surface area (Å²) in [5.41, 5.74) is 5.97. The number of nitrogens with zero attached hydrogens (tertiary/aromatic N) is 4. The average Bonchev–Trinajstić information content (AvgIpc) is 3.17. The Hall–Kier alpha value is -2.47. The third-order valence-corrected chi connectivity index (χ3v) is 7.87. The van der Waals surface area contributed by atoms with Crippen molar-refractivity contribution < 1.29 is 9.53 Å². The fourth-order valence-electron chi connectivity index (χ4n) is 5.60. The quantitative estimate of drug-likeness (QED) is 0.703. The number of esters is 1. The molecule has 1 aromatic carbocycles. The number of carbonyl (C=O) groups is 1. The highest BCUT2D eigenvalue weighted by molar-refractivity contribution is 5.93. The molecule has 1 aromatic heterocycles. The van der Waals surface area contributed by atoms with Gasteiger partial charge in [0.1, 0.15) is 12.4 Å². The van der Waals surface area contributed by atoms with Crippen LogP contribution in [0.4, 0.5) is 5.82 Å². The van der Waals surface area contributed by atoms with E-state index < -0.39 is 0 Å². The molecule has 2 aromatic rings. The Labute approximate surface area is 184 Å². The molecule has 6 heteroatoms. The van der Waals surface area contributed by atoms with Crippen molar-refractivity contribution in [1.29, 1.82) is 0 Å². The molecule has 0 aliphatic carbocycles. The van der Waals surface area contributed by atoms with Gasteiger partial charge in [0, 0.05) is 37.6 Å². The maximum Gasteiger partial charge on any atom is 0.338 e. The van der Waals surface area contributed by atoms with Crippen LogP contribution < -0.4 is 4.90 Å². The van der Waals surface area contributed by atoms with Gasteiger partial charge in [0.25, 0.3) is 0 Å². The van der Waals surface area contributed by atoms with Crippen LogP contribution in [-0.4, -0.2) is 53.6 Å². The molecule has 2 saturated heterocycles. The van der Waals surface area contributed by atoms with Gasteiger partial charge in [0.2, 0.25) is 0 Å². The number of benzene rings is 1. The Morgan fingerprint density at radius 3 is 2.45 bits per heavy atom. The van der Waals surface area contributed by atoms with Gasteiger partial charge in [-0.3, -0.25) is 4.98 Å². The van der Waals surface area contributed by atoms with E-state index in [4.69, 9.17) is 4.74 Å². The molecule has 1 spiro atoms. The normalized spacial score (nSPS) is 20.7. The Kier molecular flexibility index (Phi) is 5.42. The van der Waals surface area contributed by atoms with Gasteiger partial charge in [0.05, 0.1) is 11.3 Å². The Balaban J connectivity index is 1.13. The van der Waals surface area contributed by atoms with E-state index in [9.17, 15) is 4.79 Å². The Bertz CT molecular complexity index is 971. The van der Waals surface area contributed by atoms with Crippen LogP contribution in [0.1, 0.15) is 58.4 Å². The van der Waals surface area contributed by atoms with Gasteiger partial charge < -0.3 is 14.5 Å². The van der Waals surface area contributed by atoms with E-state index in [-0.39, 0.29) is 5.97 Å². The zero-order valence-corrected chi connectivity index (χ0v) is 18.7. The number of ether oxygens (including phenoxy) is 1. The van der Waals surface area contributed by atoms with Crippen molar-refractivity contribution in [2.75, 3.05) is 37.6 Å². The molecule has 2 fully saturated rings. The summed E-state index contributed by atoms with van der Waals surface area (Å²) in [7, 11) is 0. The first kappa shape index (κ1) is 20.4. The van der Waals surface area contributed by atoms with Crippen molar-refractivity contribution in [2.45, 2.75) is 52.6 Å². The molecular formula is C25H32N4O2. The first-order valence-corrected chi connectivity index (χ1v) is 11.6. The fourth-order valence-corrected chi connectivity index (χ4v) is 5.60. The predicted octanol–water partition coefficient (Wildman–Crippen LogP) is 3.69. The van der Waals surface area contributed by atoms with Gasteiger partial charge in [0.15, 0.2) is 0 Å². The van der Waals surface area contributed by atoms with Crippen molar-refractivity contribution in [2.24, 2.45) is 5.41 Å². The summed E-state index contributed by atoms with van der Waals surface area (Å²) in [6, 6.07) is 4.07. The summed E-state index contributed by atoms with van der Waals surface area (Å²) >= 11 is 0. The van der Waals surface area contributed by atoms with Crippen molar-refractivity contribution >= 4 is 11.8 Å². The second-order valence-corrected chi connectivity index (χ2v) is 9.50. The van der Waals surface area contributed by atoms with Crippen LogP contribution in [0.2, 0.25) is 0 Å². The summed E-state index contributed by atoms with van der Waals surface area (Å²) in [5, 5.41) is 0. The summed E-state index contributed by atoms with van der Waals surface area (Å²) in [6.45, 7) is 10.3. The van der Waals surface area contributed by atoms with Crippen LogP contribution in [0.25, 0.3) is 0 Å². The van der Waals surface area contributed by atoms with E-state index in [2.05, 4.69) is 39.7 Å². The highest BCUT2D eigenvalue weighted by atomic mass is 16.5. The molecule has 0 N–H and O–H groups in total. The van der Waals surface area contributed by atoms with E-state index in [0.717, 1.165) is 48.7 Å².